The lowest BCUT2D eigenvalue weighted by molar-refractivity contribution is -0.122. The zero-order chi connectivity index (χ0) is 13.9. The normalized spacial score (nSPS) is 21.6. The Morgan fingerprint density at radius 1 is 1.16 bits per heavy atom. The van der Waals surface area contributed by atoms with Crippen LogP contribution in [0.15, 0.2) is 0 Å². The van der Waals surface area contributed by atoms with Crippen molar-refractivity contribution in [1.29, 1.82) is 0 Å². The summed E-state index contributed by atoms with van der Waals surface area (Å²) in [4.78, 5) is 11.9. The van der Waals surface area contributed by atoms with Gasteiger partial charge in [0.15, 0.2) is 0 Å². The maximum atomic E-state index is 11.9. The number of rotatable bonds is 6. The molecule has 19 heavy (non-hydrogen) atoms. The maximum absolute atomic E-state index is 11.9. The summed E-state index contributed by atoms with van der Waals surface area (Å²) in [6.07, 6.45) is 9.11. The second-order valence-electron chi connectivity index (χ2n) is 5.76. The van der Waals surface area contributed by atoms with Crippen LogP contribution in [0.5, 0.6) is 0 Å². The summed E-state index contributed by atoms with van der Waals surface area (Å²) in [7, 11) is -3.18. The van der Waals surface area contributed by atoms with Gasteiger partial charge in [0.05, 0.1) is 6.26 Å². The highest BCUT2D eigenvalue weighted by molar-refractivity contribution is 7.88. The lowest BCUT2D eigenvalue weighted by Gasteiger charge is -2.24. The summed E-state index contributed by atoms with van der Waals surface area (Å²) >= 11 is 0. The van der Waals surface area contributed by atoms with Gasteiger partial charge in [-0.05, 0) is 25.7 Å². The van der Waals surface area contributed by atoms with E-state index in [4.69, 9.17) is 0 Å². The van der Waals surface area contributed by atoms with Gasteiger partial charge >= 0.3 is 0 Å². The van der Waals surface area contributed by atoms with Gasteiger partial charge in [-0.25, -0.2) is 8.42 Å². The van der Waals surface area contributed by atoms with Crippen molar-refractivity contribution >= 4 is 15.9 Å². The molecule has 1 N–H and O–H groups in total. The summed E-state index contributed by atoms with van der Waals surface area (Å²) in [6.45, 7) is 0.321. The Labute approximate surface area is 115 Å². The van der Waals surface area contributed by atoms with Gasteiger partial charge in [-0.3, -0.25) is 4.79 Å². The van der Waals surface area contributed by atoms with Crippen LogP contribution < -0.4 is 5.32 Å². The molecule has 110 valence electrons. The predicted molar refractivity (Wildman–Crippen MR) is 74.2 cm³/mol. The van der Waals surface area contributed by atoms with E-state index in [1.165, 1.54) is 29.8 Å². The highest BCUT2D eigenvalue weighted by Gasteiger charge is 2.34. The molecular weight excluding hydrogens is 264 g/mol. The van der Waals surface area contributed by atoms with Gasteiger partial charge in [-0.2, -0.15) is 4.31 Å². The molecule has 0 aromatic rings. The molecule has 0 unspecified atom stereocenters. The first-order chi connectivity index (χ1) is 8.97. The van der Waals surface area contributed by atoms with E-state index in [0.717, 1.165) is 25.7 Å². The summed E-state index contributed by atoms with van der Waals surface area (Å²) < 4.78 is 24.7. The molecular formula is C13H24N2O3S. The van der Waals surface area contributed by atoms with E-state index < -0.39 is 10.0 Å². The van der Waals surface area contributed by atoms with E-state index in [2.05, 4.69) is 5.32 Å². The molecule has 2 aliphatic carbocycles. The summed E-state index contributed by atoms with van der Waals surface area (Å²) in [5.41, 5.74) is 0. The van der Waals surface area contributed by atoms with Gasteiger partial charge in [-0.15, -0.1) is 0 Å². The van der Waals surface area contributed by atoms with Crippen LogP contribution in [0.1, 0.15) is 51.4 Å². The molecule has 5 nitrogen and oxygen atoms in total. The van der Waals surface area contributed by atoms with Crippen LogP contribution in [-0.2, 0) is 14.8 Å². The third kappa shape index (κ3) is 4.76. The van der Waals surface area contributed by atoms with Crippen LogP contribution in [0.4, 0.5) is 0 Å². The van der Waals surface area contributed by atoms with E-state index in [9.17, 15) is 13.2 Å². The number of amides is 1. The Bertz CT molecular complexity index is 412. The Balaban J connectivity index is 1.75. The fourth-order valence-corrected chi connectivity index (χ4v) is 3.92. The standard InChI is InChI=1S/C13H24N2O3S/c1-19(17,18)15(12-7-8-12)10-9-13(16)14-11-5-3-2-4-6-11/h11-12H,2-10H2,1H3,(H,14,16). The minimum Gasteiger partial charge on any atom is -0.353 e. The zero-order valence-corrected chi connectivity index (χ0v) is 12.4. The van der Waals surface area contributed by atoms with Crippen LogP contribution >= 0.6 is 0 Å². The Morgan fingerprint density at radius 2 is 1.79 bits per heavy atom. The van der Waals surface area contributed by atoms with Gasteiger partial charge in [0.2, 0.25) is 15.9 Å². The van der Waals surface area contributed by atoms with Gasteiger partial charge < -0.3 is 5.32 Å². The van der Waals surface area contributed by atoms with Crippen molar-refractivity contribution in [2.45, 2.75) is 63.5 Å². The molecule has 2 saturated carbocycles. The number of sulfonamides is 1. The van der Waals surface area contributed by atoms with Crippen molar-refractivity contribution in [3.8, 4) is 0 Å². The van der Waals surface area contributed by atoms with Gasteiger partial charge in [0.25, 0.3) is 0 Å². The third-order valence-electron chi connectivity index (χ3n) is 3.91. The maximum Gasteiger partial charge on any atom is 0.221 e. The largest absolute Gasteiger partial charge is 0.353 e. The summed E-state index contributed by atoms with van der Waals surface area (Å²) in [5.74, 6) is -0.0128. The van der Waals surface area contributed by atoms with E-state index in [1.807, 2.05) is 0 Å². The SMILES string of the molecule is CS(=O)(=O)N(CCC(=O)NC1CCCCC1)C1CC1. The molecule has 0 bridgehead atoms. The molecule has 0 spiro atoms. The van der Waals surface area contributed by atoms with Gasteiger partial charge in [0, 0.05) is 25.0 Å². The number of carbonyl (C=O) groups is 1. The van der Waals surface area contributed by atoms with Crippen molar-refractivity contribution in [2.24, 2.45) is 0 Å². The first kappa shape index (κ1) is 14.8. The van der Waals surface area contributed by atoms with E-state index in [0.29, 0.717) is 12.6 Å². The Morgan fingerprint density at radius 3 is 2.32 bits per heavy atom. The Hall–Kier alpha value is -0.620. The topological polar surface area (TPSA) is 66.5 Å². The predicted octanol–water partition coefficient (Wildman–Crippen LogP) is 1.25. The highest BCUT2D eigenvalue weighted by atomic mass is 32.2. The highest BCUT2D eigenvalue weighted by Crippen LogP contribution is 2.28. The summed E-state index contributed by atoms with van der Waals surface area (Å²) in [5, 5.41) is 3.02. The van der Waals surface area contributed by atoms with Crippen molar-refractivity contribution in [1.82, 2.24) is 9.62 Å². The smallest absolute Gasteiger partial charge is 0.221 e. The monoisotopic (exact) mass is 288 g/mol. The minimum absolute atomic E-state index is 0.0128. The van der Waals surface area contributed by atoms with E-state index in [-0.39, 0.29) is 18.4 Å². The molecule has 2 aliphatic rings. The van der Waals surface area contributed by atoms with Crippen molar-refractivity contribution in [3.63, 3.8) is 0 Å². The molecule has 0 atom stereocenters. The first-order valence-electron chi connectivity index (χ1n) is 7.23. The second kappa shape index (κ2) is 6.22. The molecule has 6 heteroatoms. The van der Waals surface area contributed by atoms with Gasteiger partial charge in [0.1, 0.15) is 0 Å². The summed E-state index contributed by atoms with van der Waals surface area (Å²) in [6, 6.07) is 0.436. The van der Waals surface area contributed by atoms with Crippen LogP contribution in [0.2, 0.25) is 0 Å². The molecule has 0 radical (unpaired) electrons. The zero-order valence-electron chi connectivity index (χ0n) is 11.6. The quantitative estimate of drug-likeness (QED) is 0.800. The average Bonchev–Trinajstić information content (AvgIpc) is 3.13. The number of hydrogen-bond acceptors (Lipinski definition) is 3. The third-order valence-corrected chi connectivity index (χ3v) is 5.24. The molecule has 0 aromatic heterocycles. The number of nitrogens with one attached hydrogen (secondary N) is 1. The van der Waals surface area contributed by atoms with Crippen molar-refractivity contribution in [3.05, 3.63) is 0 Å². The average molecular weight is 288 g/mol. The molecule has 0 aliphatic heterocycles. The Kier molecular flexibility index (Phi) is 4.84. The van der Waals surface area contributed by atoms with Crippen molar-refractivity contribution in [2.75, 3.05) is 12.8 Å². The lowest BCUT2D eigenvalue weighted by atomic mass is 9.95. The lowest BCUT2D eigenvalue weighted by Crippen LogP contribution is -2.39. The fourth-order valence-electron chi connectivity index (χ4n) is 2.74. The first-order valence-corrected chi connectivity index (χ1v) is 9.08. The van der Waals surface area contributed by atoms with Gasteiger partial charge in [-0.1, -0.05) is 19.3 Å². The molecule has 0 saturated heterocycles. The van der Waals surface area contributed by atoms with Crippen LogP contribution in [0.3, 0.4) is 0 Å². The molecule has 1 amide bonds. The van der Waals surface area contributed by atoms with Crippen LogP contribution in [-0.4, -0.2) is 43.5 Å². The molecule has 2 rings (SSSR count). The molecule has 2 fully saturated rings. The molecule has 0 aromatic carbocycles. The molecule has 0 heterocycles. The van der Waals surface area contributed by atoms with E-state index in [1.54, 1.807) is 0 Å². The number of nitrogens with zero attached hydrogens (tertiary/aromatic N) is 1. The van der Waals surface area contributed by atoms with Crippen molar-refractivity contribution < 1.29 is 13.2 Å². The second-order valence-corrected chi connectivity index (χ2v) is 7.69. The van der Waals surface area contributed by atoms with E-state index >= 15 is 0 Å². The number of carbonyl (C=O) groups excluding carboxylic acids is 1. The number of hydrogen-bond donors (Lipinski definition) is 1. The fraction of sp³-hybridized carbons (Fsp3) is 0.923. The minimum atomic E-state index is -3.18. The van der Waals surface area contributed by atoms with Crippen LogP contribution in [0.25, 0.3) is 0 Å². The van der Waals surface area contributed by atoms with Crippen LogP contribution in [0, 0.1) is 0 Å².